The van der Waals surface area contributed by atoms with E-state index in [0.29, 0.717) is 13.2 Å². The van der Waals surface area contributed by atoms with Crippen LogP contribution < -0.4 is 5.06 Å². The number of hydrogen-bond donors (Lipinski definition) is 0. The van der Waals surface area contributed by atoms with Gasteiger partial charge in [-0.3, -0.25) is 9.63 Å². The SMILES string of the molecule is O=C1O[C@H](COCc2ccccc2)[C@H](OCc2ccccc2)[C@H]2ON(c3ccccc3)[C@H](c3ccccc3)[C@@H]12. The molecule has 2 fully saturated rings. The molecule has 0 unspecified atom stereocenters. The normalized spacial score (nSPS) is 24.3. The second kappa shape index (κ2) is 11.8. The fourth-order valence-corrected chi connectivity index (χ4v) is 5.38. The third-order valence-corrected chi connectivity index (χ3v) is 7.24. The number of carbonyl (C=O) groups is 1. The predicted octanol–water partition coefficient (Wildman–Crippen LogP) is 5.89. The highest BCUT2D eigenvalue weighted by Crippen LogP contribution is 2.47. The third-order valence-electron chi connectivity index (χ3n) is 7.24. The molecule has 2 heterocycles. The molecular formula is C33H31NO5. The highest BCUT2D eigenvalue weighted by molar-refractivity contribution is 5.77. The van der Waals surface area contributed by atoms with Crippen LogP contribution in [0.5, 0.6) is 0 Å². The van der Waals surface area contributed by atoms with Crippen LogP contribution in [0.2, 0.25) is 0 Å². The largest absolute Gasteiger partial charge is 0.457 e. The molecule has 39 heavy (non-hydrogen) atoms. The van der Waals surface area contributed by atoms with Gasteiger partial charge in [-0.1, -0.05) is 109 Å². The highest BCUT2D eigenvalue weighted by Gasteiger charge is 2.58. The second-order valence-corrected chi connectivity index (χ2v) is 9.85. The smallest absolute Gasteiger partial charge is 0.314 e. The molecule has 0 aliphatic carbocycles. The van der Waals surface area contributed by atoms with E-state index in [4.69, 9.17) is 19.0 Å². The molecular weight excluding hydrogens is 490 g/mol. The molecule has 4 aromatic rings. The number of nitrogens with zero attached hydrogens (tertiary/aromatic N) is 1. The Labute approximate surface area is 228 Å². The molecule has 6 rings (SSSR count). The summed E-state index contributed by atoms with van der Waals surface area (Å²) in [5, 5.41) is 1.85. The van der Waals surface area contributed by atoms with E-state index >= 15 is 0 Å². The number of para-hydroxylation sites is 1. The van der Waals surface area contributed by atoms with E-state index in [0.717, 1.165) is 22.4 Å². The number of carbonyl (C=O) groups excluding carboxylic acids is 1. The summed E-state index contributed by atoms with van der Waals surface area (Å²) in [7, 11) is 0. The standard InChI is InChI=1S/C33H31NO5/c35-33-29-30(26-17-9-3-10-18-26)34(27-19-11-4-12-20-27)39-32(29)31(37-22-25-15-7-2-8-16-25)28(38-33)23-36-21-24-13-5-1-6-14-24/h1-20,28-32H,21-23H2/t28-,29-,30-,31+,32+/m1/s1. The fourth-order valence-electron chi connectivity index (χ4n) is 5.38. The Bertz CT molecular complexity index is 1340. The summed E-state index contributed by atoms with van der Waals surface area (Å²) in [5.74, 6) is -0.876. The Balaban J connectivity index is 1.30. The van der Waals surface area contributed by atoms with Crippen LogP contribution in [0.1, 0.15) is 22.7 Å². The lowest BCUT2D eigenvalue weighted by molar-refractivity contribution is -0.205. The van der Waals surface area contributed by atoms with Gasteiger partial charge >= 0.3 is 5.97 Å². The summed E-state index contributed by atoms with van der Waals surface area (Å²) in [6.45, 7) is 0.984. The van der Waals surface area contributed by atoms with E-state index in [1.165, 1.54) is 0 Å². The van der Waals surface area contributed by atoms with E-state index in [9.17, 15) is 4.79 Å². The Hall–Kier alpha value is -3.97. The number of ether oxygens (including phenoxy) is 3. The minimum atomic E-state index is -0.613. The Morgan fingerprint density at radius 3 is 1.90 bits per heavy atom. The maximum Gasteiger partial charge on any atom is 0.314 e. The van der Waals surface area contributed by atoms with E-state index in [1.807, 2.05) is 126 Å². The maximum absolute atomic E-state index is 13.7. The summed E-state index contributed by atoms with van der Waals surface area (Å²) >= 11 is 0. The van der Waals surface area contributed by atoms with Crippen LogP contribution in [-0.4, -0.2) is 30.9 Å². The van der Waals surface area contributed by atoms with Crippen molar-refractivity contribution in [2.45, 2.75) is 37.6 Å². The van der Waals surface area contributed by atoms with Gasteiger partial charge in [-0.05, 0) is 28.8 Å². The second-order valence-electron chi connectivity index (χ2n) is 9.85. The van der Waals surface area contributed by atoms with Crippen molar-refractivity contribution in [1.82, 2.24) is 0 Å². The molecule has 2 aliphatic heterocycles. The van der Waals surface area contributed by atoms with Gasteiger partial charge in [0.05, 0.1) is 31.5 Å². The monoisotopic (exact) mass is 521 g/mol. The molecule has 0 spiro atoms. The van der Waals surface area contributed by atoms with Crippen molar-refractivity contribution in [3.05, 3.63) is 138 Å². The third kappa shape index (κ3) is 5.59. The lowest BCUT2D eigenvalue weighted by Gasteiger charge is -2.37. The van der Waals surface area contributed by atoms with Crippen LogP contribution in [0.25, 0.3) is 0 Å². The van der Waals surface area contributed by atoms with Crippen LogP contribution in [-0.2, 0) is 37.1 Å². The molecule has 0 amide bonds. The van der Waals surface area contributed by atoms with Crippen molar-refractivity contribution in [3.8, 4) is 0 Å². The first-order valence-corrected chi connectivity index (χ1v) is 13.3. The van der Waals surface area contributed by atoms with E-state index < -0.39 is 24.2 Å². The summed E-state index contributed by atoms with van der Waals surface area (Å²) in [4.78, 5) is 20.3. The van der Waals surface area contributed by atoms with Crippen LogP contribution >= 0.6 is 0 Å². The number of rotatable bonds is 9. The Morgan fingerprint density at radius 2 is 1.26 bits per heavy atom. The first kappa shape index (κ1) is 25.3. The van der Waals surface area contributed by atoms with Crippen LogP contribution in [0.4, 0.5) is 5.69 Å². The molecule has 0 saturated carbocycles. The van der Waals surface area contributed by atoms with Crippen molar-refractivity contribution in [2.75, 3.05) is 11.7 Å². The summed E-state index contributed by atoms with van der Waals surface area (Å²) < 4.78 is 18.6. The molecule has 6 heteroatoms. The van der Waals surface area contributed by atoms with Gasteiger partial charge in [-0.25, -0.2) is 5.06 Å². The van der Waals surface area contributed by atoms with Crippen molar-refractivity contribution < 1.29 is 23.8 Å². The van der Waals surface area contributed by atoms with Gasteiger partial charge in [0.2, 0.25) is 0 Å². The predicted molar refractivity (Wildman–Crippen MR) is 147 cm³/mol. The van der Waals surface area contributed by atoms with Crippen molar-refractivity contribution in [3.63, 3.8) is 0 Å². The summed E-state index contributed by atoms with van der Waals surface area (Å²) in [6.07, 6.45) is -1.69. The zero-order valence-corrected chi connectivity index (χ0v) is 21.5. The number of fused-ring (bicyclic) bond motifs is 1. The molecule has 2 aliphatic rings. The quantitative estimate of drug-likeness (QED) is 0.256. The number of hydroxylamine groups is 1. The number of cyclic esters (lactones) is 1. The van der Waals surface area contributed by atoms with Crippen molar-refractivity contribution in [2.24, 2.45) is 5.92 Å². The van der Waals surface area contributed by atoms with Crippen molar-refractivity contribution >= 4 is 11.7 Å². The fraction of sp³-hybridized carbons (Fsp3) is 0.242. The first-order valence-electron chi connectivity index (χ1n) is 13.3. The minimum Gasteiger partial charge on any atom is -0.457 e. The van der Waals surface area contributed by atoms with Gasteiger partial charge in [-0.2, -0.15) is 0 Å². The zero-order chi connectivity index (χ0) is 26.4. The molecule has 0 bridgehead atoms. The summed E-state index contributed by atoms with van der Waals surface area (Å²) in [6, 6.07) is 39.4. The molecule has 0 aromatic heterocycles. The Morgan fingerprint density at radius 1 is 0.692 bits per heavy atom. The molecule has 2 saturated heterocycles. The molecule has 0 radical (unpaired) electrons. The molecule has 6 nitrogen and oxygen atoms in total. The first-order chi connectivity index (χ1) is 19.3. The van der Waals surface area contributed by atoms with Gasteiger partial charge in [0.1, 0.15) is 18.1 Å². The topological polar surface area (TPSA) is 57.2 Å². The number of anilines is 1. The van der Waals surface area contributed by atoms with Gasteiger partial charge in [0.25, 0.3) is 0 Å². The molecule has 198 valence electrons. The average Bonchev–Trinajstić information content (AvgIpc) is 3.40. The van der Waals surface area contributed by atoms with Crippen LogP contribution in [0.15, 0.2) is 121 Å². The number of hydrogen-bond acceptors (Lipinski definition) is 6. The van der Waals surface area contributed by atoms with E-state index in [2.05, 4.69) is 0 Å². The molecule has 4 aromatic carbocycles. The minimum absolute atomic E-state index is 0.202. The van der Waals surface area contributed by atoms with E-state index in [-0.39, 0.29) is 18.6 Å². The van der Waals surface area contributed by atoms with Gasteiger partial charge < -0.3 is 14.2 Å². The lowest BCUT2D eigenvalue weighted by Crippen LogP contribution is -2.54. The number of esters is 1. The van der Waals surface area contributed by atoms with Gasteiger partial charge in [0.15, 0.2) is 6.10 Å². The Kier molecular flexibility index (Phi) is 7.68. The summed E-state index contributed by atoms with van der Waals surface area (Å²) in [5.41, 5.74) is 3.93. The highest BCUT2D eigenvalue weighted by atomic mass is 16.7. The van der Waals surface area contributed by atoms with Crippen molar-refractivity contribution in [1.29, 1.82) is 0 Å². The van der Waals surface area contributed by atoms with Gasteiger partial charge in [0, 0.05) is 0 Å². The van der Waals surface area contributed by atoms with E-state index in [1.54, 1.807) is 0 Å². The zero-order valence-electron chi connectivity index (χ0n) is 21.5. The van der Waals surface area contributed by atoms with Crippen LogP contribution in [0, 0.1) is 5.92 Å². The molecule has 5 atom stereocenters. The van der Waals surface area contributed by atoms with Gasteiger partial charge in [-0.15, -0.1) is 0 Å². The van der Waals surface area contributed by atoms with Crippen LogP contribution in [0.3, 0.4) is 0 Å². The molecule has 0 N–H and O–H groups in total. The average molecular weight is 522 g/mol. The maximum atomic E-state index is 13.7. The number of benzene rings is 4. The lowest BCUT2D eigenvalue weighted by atomic mass is 9.83.